The monoisotopic (exact) mass is 256 g/mol. The van der Waals surface area contributed by atoms with Crippen molar-refractivity contribution in [3.8, 4) is 0 Å². The molecule has 2 aromatic rings. The summed E-state index contributed by atoms with van der Waals surface area (Å²) in [6.07, 6.45) is 1.87. The molecule has 0 radical (unpaired) electrons. The van der Waals surface area contributed by atoms with Crippen molar-refractivity contribution in [2.24, 2.45) is 4.99 Å². The Morgan fingerprint density at radius 2 is 1.89 bits per heavy atom. The topological polar surface area (TPSA) is 15.6 Å². The highest BCUT2D eigenvalue weighted by Crippen LogP contribution is 2.37. The van der Waals surface area contributed by atoms with Gasteiger partial charge in [0.05, 0.1) is 18.1 Å². The number of rotatable bonds is 1. The summed E-state index contributed by atoms with van der Waals surface area (Å²) in [5.41, 5.74) is 3.39. The molecule has 1 aliphatic rings. The fourth-order valence-electron chi connectivity index (χ4n) is 2.35. The smallest absolute Gasteiger partial charge is 0.0917 e. The van der Waals surface area contributed by atoms with Crippen molar-refractivity contribution in [2.75, 3.05) is 7.05 Å². The van der Waals surface area contributed by atoms with Crippen LogP contribution in [-0.4, -0.2) is 18.3 Å². The molecule has 90 valence electrons. The Morgan fingerprint density at radius 1 is 1.11 bits per heavy atom. The van der Waals surface area contributed by atoms with E-state index in [0.717, 1.165) is 16.3 Å². The van der Waals surface area contributed by atoms with E-state index in [2.05, 4.69) is 34.2 Å². The first-order valence-corrected chi connectivity index (χ1v) is 6.24. The van der Waals surface area contributed by atoms with E-state index < -0.39 is 0 Å². The van der Waals surface area contributed by atoms with Gasteiger partial charge in [0.25, 0.3) is 0 Å². The predicted octanol–water partition coefficient (Wildman–Crippen LogP) is 4.03. The third-order valence-electron chi connectivity index (χ3n) is 3.19. The third-order valence-corrected chi connectivity index (χ3v) is 3.42. The minimum Gasteiger partial charge on any atom is -0.354 e. The molecule has 0 fully saturated rings. The fourth-order valence-corrected chi connectivity index (χ4v) is 2.53. The van der Waals surface area contributed by atoms with E-state index in [1.54, 1.807) is 0 Å². The molecule has 0 saturated carbocycles. The Bertz CT molecular complexity index is 593. The number of hydrogen-bond donors (Lipinski definition) is 0. The first-order valence-electron chi connectivity index (χ1n) is 5.86. The van der Waals surface area contributed by atoms with Crippen LogP contribution in [0.25, 0.3) is 0 Å². The number of halogens is 1. The molecule has 2 nitrogen and oxygen atoms in total. The lowest BCUT2D eigenvalue weighted by Crippen LogP contribution is -2.26. The van der Waals surface area contributed by atoms with Crippen LogP contribution in [0.1, 0.15) is 17.2 Å². The summed E-state index contributed by atoms with van der Waals surface area (Å²) in [5.74, 6) is 0. The predicted molar refractivity (Wildman–Crippen MR) is 75.7 cm³/mol. The number of benzene rings is 2. The molecular weight excluding hydrogens is 244 g/mol. The highest BCUT2D eigenvalue weighted by molar-refractivity contribution is 6.30. The van der Waals surface area contributed by atoms with Gasteiger partial charge in [-0.25, -0.2) is 4.99 Å². The Kier molecular flexibility index (Phi) is 2.80. The zero-order valence-electron chi connectivity index (χ0n) is 10.0. The average Bonchev–Trinajstić information content (AvgIpc) is 2.39. The SMILES string of the molecule is CN1C=Nc2ccc(Cl)cc2C1c1ccccc1. The van der Waals surface area contributed by atoms with Crippen LogP contribution in [0.3, 0.4) is 0 Å². The Balaban J connectivity index is 2.15. The Hall–Kier alpha value is -1.80. The van der Waals surface area contributed by atoms with Crippen LogP contribution in [-0.2, 0) is 0 Å². The second-order valence-electron chi connectivity index (χ2n) is 4.43. The summed E-state index contributed by atoms with van der Waals surface area (Å²) in [6, 6.07) is 16.4. The van der Waals surface area contributed by atoms with Crippen LogP contribution in [0.2, 0.25) is 5.02 Å². The number of aliphatic imine (C=N–C) groups is 1. The molecule has 3 rings (SSSR count). The zero-order chi connectivity index (χ0) is 12.5. The molecular formula is C15H13ClN2. The minimum atomic E-state index is 0.178. The van der Waals surface area contributed by atoms with E-state index in [1.807, 2.05) is 37.7 Å². The van der Waals surface area contributed by atoms with Crippen molar-refractivity contribution in [3.63, 3.8) is 0 Å². The van der Waals surface area contributed by atoms with Crippen molar-refractivity contribution in [3.05, 3.63) is 64.7 Å². The molecule has 2 aromatic carbocycles. The van der Waals surface area contributed by atoms with Crippen LogP contribution in [0.5, 0.6) is 0 Å². The lowest BCUT2D eigenvalue weighted by Gasteiger charge is -2.31. The van der Waals surface area contributed by atoms with Gasteiger partial charge in [0.2, 0.25) is 0 Å². The van der Waals surface area contributed by atoms with Gasteiger partial charge < -0.3 is 4.90 Å². The van der Waals surface area contributed by atoms with Crippen molar-refractivity contribution >= 4 is 23.6 Å². The van der Waals surface area contributed by atoms with Crippen molar-refractivity contribution in [1.82, 2.24) is 4.90 Å². The van der Waals surface area contributed by atoms with E-state index >= 15 is 0 Å². The largest absolute Gasteiger partial charge is 0.354 e. The molecule has 1 atom stereocenters. The molecule has 3 heteroatoms. The fraction of sp³-hybridized carbons (Fsp3) is 0.133. The molecule has 0 bridgehead atoms. The maximum absolute atomic E-state index is 6.11. The molecule has 0 aliphatic carbocycles. The number of fused-ring (bicyclic) bond motifs is 1. The first kappa shape index (κ1) is 11.3. The van der Waals surface area contributed by atoms with Crippen LogP contribution >= 0.6 is 11.6 Å². The molecule has 0 saturated heterocycles. The second kappa shape index (κ2) is 4.46. The first-order chi connectivity index (χ1) is 8.75. The summed E-state index contributed by atoms with van der Waals surface area (Å²) in [5, 5.41) is 0.750. The standard InChI is InChI=1S/C15H13ClN2/c1-18-10-17-14-8-7-12(16)9-13(14)15(18)11-5-3-2-4-6-11/h2-10,15H,1H3. The molecule has 0 aromatic heterocycles. The van der Waals surface area contributed by atoms with Gasteiger partial charge in [-0.05, 0) is 23.8 Å². The summed E-state index contributed by atoms with van der Waals surface area (Å²) >= 11 is 6.11. The summed E-state index contributed by atoms with van der Waals surface area (Å²) in [6.45, 7) is 0. The van der Waals surface area contributed by atoms with Gasteiger partial charge >= 0.3 is 0 Å². The lowest BCUT2D eigenvalue weighted by atomic mass is 9.95. The van der Waals surface area contributed by atoms with Crippen molar-refractivity contribution in [2.45, 2.75) is 6.04 Å². The minimum absolute atomic E-state index is 0.178. The van der Waals surface area contributed by atoms with Crippen molar-refractivity contribution < 1.29 is 0 Å². The van der Waals surface area contributed by atoms with Crippen LogP contribution in [0.4, 0.5) is 5.69 Å². The summed E-state index contributed by atoms with van der Waals surface area (Å²) < 4.78 is 0. The maximum atomic E-state index is 6.11. The van der Waals surface area contributed by atoms with Crippen LogP contribution < -0.4 is 0 Å². The van der Waals surface area contributed by atoms with Gasteiger partial charge in [0.1, 0.15) is 0 Å². The molecule has 1 aliphatic heterocycles. The number of nitrogens with zero attached hydrogens (tertiary/aromatic N) is 2. The summed E-state index contributed by atoms with van der Waals surface area (Å²) in [4.78, 5) is 6.54. The van der Waals surface area contributed by atoms with Crippen molar-refractivity contribution in [1.29, 1.82) is 0 Å². The molecule has 1 unspecified atom stereocenters. The summed E-state index contributed by atoms with van der Waals surface area (Å²) in [7, 11) is 2.03. The van der Waals surface area contributed by atoms with E-state index in [9.17, 15) is 0 Å². The highest BCUT2D eigenvalue weighted by atomic mass is 35.5. The number of hydrogen-bond acceptors (Lipinski definition) is 2. The third kappa shape index (κ3) is 1.89. The Labute approximate surface area is 112 Å². The molecule has 0 amide bonds. The van der Waals surface area contributed by atoms with Crippen LogP contribution in [0.15, 0.2) is 53.5 Å². The molecule has 1 heterocycles. The van der Waals surface area contributed by atoms with E-state index in [0.29, 0.717) is 0 Å². The van der Waals surface area contributed by atoms with Gasteiger partial charge in [0, 0.05) is 17.6 Å². The average molecular weight is 257 g/mol. The Morgan fingerprint density at radius 3 is 2.67 bits per heavy atom. The lowest BCUT2D eigenvalue weighted by molar-refractivity contribution is 0.434. The molecule has 0 N–H and O–H groups in total. The quantitative estimate of drug-likeness (QED) is 0.752. The van der Waals surface area contributed by atoms with Crippen LogP contribution in [0, 0.1) is 0 Å². The normalized spacial score (nSPS) is 17.7. The van der Waals surface area contributed by atoms with Gasteiger partial charge in [-0.15, -0.1) is 0 Å². The van der Waals surface area contributed by atoms with Gasteiger partial charge in [-0.2, -0.15) is 0 Å². The van der Waals surface area contributed by atoms with E-state index in [-0.39, 0.29) is 6.04 Å². The molecule has 18 heavy (non-hydrogen) atoms. The molecule has 0 spiro atoms. The maximum Gasteiger partial charge on any atom is 0.0917 e. The van der Waals surface area contributed by atoms with Gasteiger partial charge in [-0.1, -0.05) is 41.9 Å². The van der Waals surface area contributed by atoms with E-state index in [4.69, 9.17) is 11.6 Å². The highest BCUT2D eigenvalue weighted by Gasteiger charge is 2.23. The second-order valence-corrected chi connectivity index (χ2v) is 4.86. The van der Waals surface area contributed by atoms with E-state index in [1.165, 1.54) is 5.56 Å². The zero-order valence-corrected chi connectivity index (χ0v) is 10.8. The van der Waals surface area contributed by atoms with Gasteiger partial charge in [-0.3, -0.25) is 0 Å². The van der Waals surface area contributed by atoms with Gasteiger partial charge in [0.15, 0.2) is 0 Å².